The minimum atomic E-state index is -0.832. The van der Waals surface area contributed by atoms with E-state index >= 15 is 0 Å². The standard InChI is InChI=1S/C18H24N2O4/c21-17(22)13-4-3-11-20(12-13)18(23)19-14-7-9-16(10-8-14)24-15-5-1-2-6-15/h7-10,13,15H,1-6,11-12H2,(H,19,23)(H,21,22). The van der Waals surface area contributed by atoms with Crippen LogP contribution >= 0.6 is 0 Å². The molecule has 1 aliphatic heterocycles. The number of carboxylic acid groups (broad SMARTS) is 1. The van der Waals surface area contributed by atoms with E-state index in [1.54, 1.807) is 4.90 Å². The molecule has 2 N–H and O–H groups in total. The largest absolute Gasteiger partial charge is 0.490 e. The third-order valence-corrected chi connectivity index (χ3v) is 4.77. The lowest BCUT2D eigenvalue weighted by Gasteiger charge is -2.30. The number of benzene rings is 1. The average Bonchev–Trinajstić information content (AvgIpc) is 3.10. The first-order valence-electron chi connectivity index (χ1n) is 8.67. The Kier molecular flexibility index (Phi) is 5.23. The summed E-state index contributed by atoms with van der Waals surface area (Å²) in [7, 11) is 0. The quantitative estimate of drug-likeness (QED) is 0.886. The highest BCUT2D eigenvalue weighted by Crippen LogP contribution is 2.25. The number of ether oxygens (including phenoxy) is 1. The minimum absolute atomic E-state index is 0.245. The third-order valence-electron chi connectivity index (χ3n) is 4.77. The number of piperidine rings is 1. The first kappa shape index (κ1) is 16.6. The van der Waals surface area contributed by atoms with E-state index < -0.39 is 11.9 Å². The van der Waals surface area contributed by atoms with Crippen molar-refractivity contribution in [1.29, 1.82) is 0 Å². The normalized spacial score (nSPS) is 21.5. The van der Waals surface area contributed by atoms with E-state index in [0.29, 0.717) is 24.8 Å². The Labute approximate surface area is 141 Å². The second-order valence-corrected chi connectivity index (χ2v) is 6.60. The van der Waals surface area contributed by atoms with E-state index in [9.17, 15) is 9.59 Å². The van der Waals surface area contributed by atoms with E-state index in [0.717, 1.165) is 25.0 Å². The van der Waals surface area contributed by atoms with Gasteiger partial charge in [-0.2, -0.15) is 0 Å². The molecule has 0 aromatic heterocycles. The van der Waals surface area contributed by atoms with E-state index in [2.05, 4.69) is 5.32 Å². The zero-order valence-electron chi connectivity index (χ0n) is 13.7. The fraction of sp³-hybridized carbons (Fsp3) is 0.556. The van der Waals surface area contributed by atoms with Gasteiger partial charge >= 0.3 is 12.0 Å². The molecule has 1 saturated heterocycles. The van der Waals surface area contributed by atoms with E-state index in [1.165, 1.54) is 12.8 Å². The lowest BCUT2D eigenvalue weighted by Crippen LogP contribution is -2.44. The molecule has 24 heavy (non-hydrogen) atoms. The molecule has 1 saturated carbocycles. The van der Waals surface area contributed by atoms with Crippen LogP contribution in [0.1, 0.15) is 38.5 Å². The molecule has 0 radical (unpaired) electrons. The molecule has 1 heterocycles. The molecule has 2 amide bonds. The summed E-state index contributed by atoms with van der Waals surface area (Å²) in [4.78, 5) is 25.0. The number of carbonyl (C=O) groups excluding carboxylic acids is 1. The van der Waals surface area contributed by atoms with Crippen molar-refractivity contribution in [3.8, 4) is 5.75 Å². The molecule has 2 fully saturated rings. The highest BCUT2D eigenvalue weighted by Gasteiger charge is 2.28. The molecule has 1 aromatic rings. The Morgan fingerprint density at radius 3 is 2.46 bits per heavy atom. The first-order valence-corrected chi connectivity index (χ1v) is 8.67. The van der Waals surface area contributed by atoms with Gasteiger partial charge in [0.05, 0.1) is 12.0 Å². The Hall–Kier alpha value is -2.24. The number of carboxylic acids is 1. The van der Waals surface area contributed by atoms with Gasteiger partial charge in [0.2, 0.25) is 0 Å². The second kappa shape index (κ2) is 7.55. The monoisotopic (exact) mass is 332 g/mol. The number of urea groups is 1. The van der Waals surface area contributed by atoms with Gasteiger partial charge in [0.1, 0.15) is 5.75 Å². The average molecular weight is 332 g/mol. The molecule has 2 aliphatic rings. The van der Waals surface area contributed by atoms with Crippen molar-refractivity contribution < 1.29 is 19.4 Å². The van der Waals surface area contributed by atoms with Crippen LogP contribution in [0.2, 0.25) is 0 Å². The second-order valence-electron chi connectivity index (χ2n) is 6.60. The molecule has 0 bridgehead atoms. The summed E-state index contributed by atoms with van der Waals surface area (Å²) in [5.74, 6) is -0.476. The number of likely N-dealkylation sites (tertiary alicyclic amines) is 1. The maximum atomic E-state index is 12.3. The number of aliphatic carboxylic acids is 1. The van der Waals surface area contributed by atoms with Gasteiger partial charge in [-0.25, -0.2) is 4.79 Å². The van der Waals surface area contributed by atoms with Crippen molar-refractivity contribution in [1.82, 2.24) is 4.90 Å². The summed E-state index contributed by atoms with van der Waals surface area (Å²) >= 11 is 0. The van der Waals surface area contributed by atoms with Crippen LogP contribution in [-0.2, 0) is 4.79 Å². The van der Waals surface area contributed by atoms with Crippen LogP contribution in [0.25, 0.3) is 0 Å². The number of anilines is 1. The van der Waals surface area contributed by atoms with Gasteiger partial charge in [0, 0.05) is 18.8 Å². The topological polar surface area (TPSA) is 78.9 Å². The number of hydrogen-bond donors (Lipinski definition) is 2. The van der Waals surface area contributed by atoms with Gasteiger partial charge in [-0.3, -0.25) is 4.79 Å². The van der Waals surface area contributed by atoms with Crippen LogP contribution in [-0.4, -0.2) is 41.2 Å². The van der Waals surface area contributed by atoms with Gasteiger partial charge in [-0.05, 0) is 62.8 Å². The fourth-order valence-corrected chi connectivity index (χ4v) is 3.38. The summed E-state index contributed by atoms with van der Waals surface area (Å²) in [6.45, 7) is 0.864. The summed E-state index contributed by atoms with van der Waals surface area (Å²) in [6.07, 6.45) is 6.34. The Balaban J connectivity index is 1.53. The molecule has 3 rings (SSSR count). The number of nitrogens with one attached hydrogen (secondary N) is 1. The Morgan fingerprint density at radius 2 is 1.79 bits per heavy atom. The van der Waals surface area contributed by atoms with E-state index in [-0.39, 0.29) is 12.6 Å². The zero-order valence-corrected chi connectivity index (χ0v) is 13.7. The third kappa shape index (κ3) is 4.19. The zero-order chi connectivity index (χ0) is 16.9. The van der Waals surface area contributed by atoms with Crippen molar-refractivity contribution in [2.45, 2.75) is 44.6 Å². The van der Waals surface area contributed by atoms with Gasteiger partial charge in [0.25, 0.3) is 0 Å². The van der Waals surface area contributed by atoms with Crippen LogP contribution in [0, 0.1) is 5.92 Å². The molecule has 1 aliphatic carbocycles. The molecular weight excluding hydrogens is 308 g/mol. The highest BCUT2D eigenvalue weighted by atomic mass is 16.5. The first-order chi connectivity index (χ1) is 11.6. The van der Waals surface area contributed by atoms with E-state index in [4.69, 9.17) is 9.84 Å². The summed E-state index contributed by atoms with van der Waals surface area (Å²) < 4.78 is 5.90. The predicted molar refractivity (Wildman–Crippen MR) is 90.3 cm³/mol. The lowest BCUT2D eigenvalue weighted by molar-refractivity contribution is -0.143. The molecular formula is C18H24N2O4. The number of nitrogens with zero attached hydrogens (tertiary/aromatic N) is 1. The van der Waals surface area contributed by atoms with Crippen molar-refractivity contribution >= 4 is 17.7 Å². The van der Waals surface area contributed by atoms with E-state index in [1.807, 2.05) is 24.3 Å². The molecule has 6 nitrogen and oxygen atoms in total. The molecule has 0 spiro atoms. The maximum absolute atomic E-state index is 12.3. The van der Waals surface area contributed by atoms with Crippen LogP contribution in [0.5, 0.6) is 5.75 Å². The molecule has 1 aromatic carbocycles. The van der Waals surface area contributed by atoms with Crippen LogP contribution < -0.4 is 10.1 Å². The Bertz CT molecular complexity index is 581. The van der Waals surface area contributed by atoms with Crippen molar-refractivity contribution in [3.63, 3.8) is 0 Å². The SMILES string of the molecule is O=C(O)C1CCCN(C(=O)Nc2ccc(OC3CCCC3)cc2)C1. The van der Waals surface area contributed by atoms with Gasteiger partial charge in [0.15, 0.2) is 0 Å². The van der Waals surface area contributed by atoms with Gasteiger partial charge in [-0.15, -0.1) is 0 Å². The predicted octanol–water partition coefficient (Wildman–Crippen LogP) is 3.34. The fourth-order valence-electron chi connectivity index (χ4n) is 3.38. The summed E-state index contributed by atoms with van der Waals surface area (Å²) in [6, 6.07) is 7.13. The van der Waals surface area contributed by atoms with Crippen molar-refractivity contribution in [3.05, 3.63) is 24.3 Å². The summed E-state index contributed by atoms with van der Waals surface area (Å²) in [5, 5.41) is 11.9. The number of amides is 2. The smallest absolute Gasteiger partial charge is 0.321 e. The molecule has 6 heteroatoms. The molecule has 130 valence electrons. The number of carbonyl (C=O) groups is 2. The maximum Gasteiger partial charge on any atom is 0.321 e. The van der Waals surface area contributed by atoms with Crippen molar-refractivity contribution in [2.75, 3.05) is 18.4 Å². The van der Waals surface area contributed by atoms with Crippen molar-refractivity contribution in [2.24, 2.45) is 5.92 Å². The van der Waals surface area contributed by atoms with Crippen LogP contribution in [0.3, 0.4) is 0 Å². The lowest BCUT2D eigenvalue weighted by atomic mass is 9.99. The Morgan fingerprint density at radius 1 is 1.08 bits per heavy atom. The highest BCUT2D eigenvalue weighted by molar-refractivity contribution is 5.89. The minimum Gasteiger partial charge on any atom is -0.490 e. The van der Waals surface area contributed by atoms with Gasteiger partial charge < -0.3 is 20.1 Å². The molecule has 1 atom stereocenters. The summed E-state index contributed by atoms with van der Waals surface area (Å²) in [5.41, 5.74) is 0.691. The number of rotatable bonds is 4. The van der Waals surface area contributed by atoms with Crippen LogP contribution in [0.15, 0.2) is 24.3 Å². The van der Waals surface area contributed by atoms with Gasteiger partial charge in [-0.1, -0.05) is 0 Å². The number of hydrogen-bond acceptors (Lipinski definition) is 3. The van der Waals surface area contributed by atoms with Crippen LogP contribution in [0.4, 0.5) is 10.5 Å². The molecule has 1 unspecified atom stereocenters.